The number of aliphatic carboxylic acids is 1. The normalized spacial score (nSPS) is 20.2. The van der Waals surface area contributed by atoms with E-state index in [1.165, 1.54) is 0 Å². The van der Waals surface area contributed by atoms with Crippen molar-refractivity contribution in [3.63, 3.8) is 0 Å². The molecule has 0 spiro atoms. The Hall–Kier alpha value is -2.37. The van der Waals surface area contributed by atoms with Crippen LogP contribution in [0.2, 0.25) is 0 Å². The van der Waals surface area contributed by atoms with Gasteiger partial charge in [0.25, 0.3) is 0 Å². The van der Waals surface area contributed by atoms with Gasteiger partial charge in [0.05, 0.1) is 11.8 Å². The summed E-state index contributed by atoms with van der Waals surface area (Å²) < 4.78 is 0. The molecule has 4 N–H and O–H groups in total. The molecule has 1 saturated carbocycles. The molecule has 0 radical (unpaired) electrons. The van der Waals surface area contributed by atoms with Crippen molar-refractivity contribution in [2.24, 2.45) is 17.6 Å². The lowest BCUT2D eigenvalue weighted by molar-refractivity contribution is -0.140. The van der Waals surface area contributed by atoms with E-state index in [1.807, 2.05) is 6.07 Å². The van der Waals surface area contributed by atoms with Crippen LogP contribution in [0, 0.1) is 11.8 Å². The van der Waals surface area contributed by atoms with Crippen molar-refractivity contribution >= 4 is 17.8 Å². The topological polar surface area (TPSA) is 109 Å². The van der Waals surface area contributed by atoms with E-state index < -0.39 is 23.7 Å². The van der Waals surface area contributed by atoms with E-state index in [-0.39, 0.29) is 5.91 Å². The zero-order chi connectivity index (χ0) is 14.7. The summed E-state index contributed by atoms with van der Waals surface area (Å²) in [5, 5.41) is 11.4. The molecule has 0 bridgehead atoms. The van der Waals surface area contributed by atoms with Gasteiger partial charge in [-0.1, -0.05) is 12.1 Å². The first-order valence-electron chi connectivity index (χ1n) is 6.38. The summed E-state index contributed by atoms with van der Waals surface area (Å²) in [4.78, 5) is 33.3. The minimum Gasteiger partial charge on any atom is -0.481 e. The summed E-state index contributed by atoms with van der Waals surface area (Å²) in [5.41, 5.74) is 6.51. The number of carboxylic acid groups (broad SMARTS) is 1. The summed E-state index contributed by atoms with van der Waals surface area (Å²) in [6.45, 7) is 0.407. The third-order valence-corrected chi connectivity index (χ3v) is 3.37. The summed E-state index contributed by atoms with van der Waals surface area (Å²) in [5.74, 6) is -2.56. The highest BCUT2D eigenvalue weighted by Crippen LogP contribution is 2.38. The van der Waals surface area contributed by atoms with Crippen LogP contribution in [0.15, 0.2) is 24.3 Å². The predicted molar refractivity (Wildman–Crippen MR) is 70.9 cm³/mol. The molecule has 0 aliphatic heterocycles. The quantitative estimate of drug-likeness (QED) is 0.687. The molecule has 1 aromatic rings. The van der Waals surface area contributed by atoms with Crippen molar-refractivity contribution in [1.29, 1.82) is 0 Å². The molecule has 2 rings (SSSR count). The summed E-state index contributed by atoms with van der Waals surface area (Å²) in [6, 6.07) is 6.89. The number of carbonyl (C=O) groups is 3. The third kappa shape index (κ3) is 3.34. The summed E-state index contributed by atoms with van der Waals surface area (Å²) in [6.07, 6.45) is 0.982. The average Bonchev–Trinajstić information content (AvgIpc) is 3.19. The van der Waals surface area contributed by atoms with Gasteiger partial charge in [0.1, 0.15) is 0 Å². The van der Waals surface area contributed by atoms with Gasteiger partial charge >= 0.3 is 5.97 Å². The van der Waals surface area contributed by atoms with E-state index in [1.54, 1.807) is 18.2 Å². The lowest BCUT2D eigenvalue weighted by Crippen LogP contribution is -2.28. The van der Waals surface area contributed by atoms with Gasteiger partial charge in [-0.3, -0.25) is 14.4 Å². The van der Waals surface area contributed by atoms with Gasteiger partial charge in [-0.25, -0.2) is 0 Å². The second kappa shape index (κ2) is 5.73. The molecule has 0 aromatic heterocycles. The number of carbonyl (C=O) groups excluding carboxylic acids is 2. The Labute approximate surface area is 116 Å². The van der Waals surface area contributed by atoms with Crippen molar-refractivity contribution in [3.8, 4) is 0 Å². The monoisotopic (exact) mass is 276 g/mol. The fourth-order valence-corrected chi connectivity index (χ4v) is 2.10. The Balaban J connectivity index is 1.79. The van der Waals surface area contributed by atoms with Crippen molar-refractivity contribution in [3.05, 3.63) is 35.4 Å². The fraction of sp³-hybridized carbons (Fsp3) is 0.357. The largest absolute Gasteiger partial charge is 0.481 e. The molecule has 106 valence electrons. The third-order valence-electron chi connectivity index (χ3n) is 3.37. The molecule has 1 aromatic carbocycles. The highest BCUT2D eigenvalue weighted by atomic mass is 16.4. The predicted octanol–water partition coefficient (Wildman–Crippen LogP) is 0.165. The van der Waals surface area contributed by atoms with Crippen LogP contribution in [-0.4, -0.2) is 29.4 Å². The molecule has 1 aliphatic carbocycles. The van der Waals surface area contributed by atoms with Gasteiger partial charge in [0.2, 0.25) is 11.8 Å². The van der Waals surface area contributed by atoms with E-state index in [2.05, 4.69) is 5.32 Å². The van der Waals surface area contributed by atoms with Gasteiger partial charge in [0.15, 0.2) is 0 Å². The van der Waals surface area contributed by atoms with Gasteiger partial charge in [-0.05, 0) is 30.5 Å². The Morgan fingerprint density at radius 2 is 2.05 bits per heavy atom. The molecule has 6 nitrogen and oxygen atoms in total. The minimum absolute atomic E-state index is 0.219. The van der Waals surface area contributed by atoms with Crippen LogP contribution in [0.4, 0.5) is 0 Å². The van der Waals surface area contributed by atoms with Crippen LogP contribution in [0.5, 0.6) is 0 Å². The van der Waals surface area contributed by atoms with E-state index in [0.717, 1.165) is 5.56 Å². The maximum atomic E-state index is 11.6. The zero-order valence-electron chi connectivity index (χ0n) is 10.8. The number of nitrogens with two attached hydrogens (primary N) is 1. The number of nitrogens with one attached hydrogen (secondary N) is 1. The maximum Gasteiger partial charge on any atom is 0.307 e. The molecule has 1 aliphatic rings. The molecule has 6 heteroatoms. The molecular weight excluding hydrogens is 260 g/mol. The first kappa shape index (κ1) is 14.0. The molecular formula is C14H16N2O4. The van der Waals surface area contributed by atoms with E-state index in [0.29, 0.717) is 24.9 Å². The van der Waals surface area contributed by atoms with Gasteiger partial charge < -0.3 is 16.2 Å². The number of hydrogen-bond acceptors (Lipinski definition) is 3. The smallest absolute Gasteiger partial charge is 0.307 e. The molecule has 20 heavy (non-hydrogen) atoms. The van der Waals surface area contributed by atoms with Crippen LogP contribution in [0.1, 0.15) is 22.3 Å². The average molecular weight is 276 g/mol. The maximum absolute atomic E-state index is 11.6. The van der Waals surface area contributed by atoms with E-state index >= 15 is 0 Å². The van der Waals surface area contributed by atoms with Gasteiger partial charge in [-0.2, -0.15) is 0 Å². The van der Waals surface area contributed by atoms with Gasteiger partial charge in [-0.15, -0.1) is 0 Å². The number of amides is 2. The standard InChI is InChI=1S/C14H16N2O4/c15-12(17)9-3-1-2-8(6-9)4-5-16-13(18)10-7-11(10)14(19)20/h1-3,6,10-11H,4-5,7H2,(H2,15,17)(H,16,18)(H,19,20). The van der Waals surface area contributed by atoms with E-state index in [9.17, 15) is 14.4 Å². The second-order valence-electron chi connectivity index (χ2n) is 4.89. The van der Waals surface area contributed by atoms with Crippen LogP contribution < -0.4 is 11.1 Å². The summed E-state index contributed by atoms with van der Waals surface area (Å²) >= 11 is 0. The van der Waals surface area contributed by atoms with E-state index in [4.69, 9.17) is 10.8 Å². The highest BCUT2D eigenvalue weighted by molar-refractivity contribution is 5.93. The Bertz CT molecular complexity index is 556. The number of primary amides is 1. The molecule has 2 unspecified atom stereocenters. The van der Waals surface area contributed by atoms with Gasteiger partial charge in [0, 0.05) is 12.1 Å². The second-order valence-corrected chi connectivity index (χ2v) is 4.89. The lowest BCUT2D eigenvalue weighted by Gasteiger charge is -2.05. The Morgan fingerprint density at radius 3 is 2.65 bits per heavy atom. The van der Waals surface area contributed by atoms with Crippen molar-refractivity contribution < 1.29 is 19.5 Å². The molecule has 2 amide bonds. The molecule has 0 heterocycles. The number of benzene rings is 1. The first-order chi connectivity index (χ1) is 9.49. The highest BCUT2D eigenvalue weighted by Gasteiger charge is 2.48. The minimum atomic E-state index is -0.917. The molecule has 2 atom stereocenters. The first-order valence-corrected chi connectivity index (χ1v) is 6.38. The SMILES string of the molecule is NC(=O)c1cccc(CCNC(=O)C2CC2C(=O)O)c1. The Kier molecular flexibility index (Phi) is 4.02. The fourth-order valence-electron chi connectivity index (χ4n) is 2.10. The van der Waals surface area contributed by atoms with Crippen molar-refractivity contribution in [1.82, 2.24) is 5.32 Å². The summed E-state index contributed by atoms with van der Waals surface area (Å²) in [7, 11) is 0. The molecule has 0 saturated heterocycles. The van der Waals surface area contributed by atoms with Crippen LogP contribution in [-0.2, 0) is 16.0 Å². The number of rotatable bonds is 6. The number of hydrogen-bond donors (Lipinski definition) is 3. The lowest BCUT2D eigenvalue weighted by atomic mass is 10.1. The number of carboxylic acids is 1. The van der Waals surface area contributed by atoms with Crippen LogP contribution >= 0.6 is 0 Å². The van der Waals surface area contributed by atoms with Crippen LogP contribution in [0.3, 0.4) is 0 Å². The van der Waals surface area contributed by atoms with Crippen molar-refractivity contribution in [2.45, 2.75) is 12.8 Å². The Morgan fingerprint density at radius 1 is 1.30 bits per heavy atom. The zero-order valence-corrected chi connectivity index (χ0v) is 10.8. The van der Waals surface area contributed by atoms with Crippen LogP contribution in [0.25, 0.3) is 0 Å². The molecule has 1 fully saturated rings. The van der Waals surface area contributed by atoms with Crippen molar-refractivity contribution in [2.75, 3.05) is 6.54 Å².